The van der Waals surface area contributed by atoms with Crippen molar-refractivity contribution in [2.75, 3.05) is 36.0 Å². The predicted octanol–water partition coefficient (Wildman–Crippen LogP) is 4.24. The first-order valence-electron chi connectivity index (χ1n) is 13.3. The topological polar surface area (TPSA) is 104 Å². The molecule has 0 unspecified atom stereocenters. The molecule has 1 saturated heterocycles. The number of hydrogen-bond donors (Lipinski definition) is 2. The maximum atomic E-state index is 15.6. The van der Waals surface area contributed by atoms with Crippen molar-refractivity contribution in [3.63, 3.8) is 0 Å². The van der Waals surface area contributed by atoms with Gasteiger partial charge in [-0.25, -0.2) is 19.2 Å². The van der Waals surface area contributed by atoms with E-state index in [1.165, 1.54) is 25.5 Å². The summed E-state index contributed by atoms with van der Waals surface area (Å²) in [5.41, 5.74) is 0.909. The van der Waals surface area contributed by atoms with Crippen LogP contribution in [0.5, 0.6) is 0 Å². The highest BCUT2D eigenvalue weighted by Crippen LogP contribution is 2.37. The predicted molar refractivity (Wildman–Crippen MR) is 152 cm³/mol. The number of rotatable bonds is 7. The van der Waals surface area contributed by atoms with Crippen LogP contribution >= 0.6 is 11.6 Å². The maximum Gasteiger partial charge on any atom is 0.341 e. The molecule has 4 aromatic rings. The number of nitrogens with one attached hydrogen (secondary N) is 1. The van der Waals surface area contributed by atoms with Crippen LogP contribution in [-0.2, 0) is 6.54 Å². The molecule has 3 heterocycles. The summed E-state index contributed by atoms with van der Waals surface area (Å²) in [6.07, 6.45) is 8.25. The molecule has 9 nitrogen and oxygen atoms in total. The van der Waals surface area contributed by atoms with E-state index >= 15 is 4.39 Å². The lowest BCUT2D eigenvalue weighted by molar-refractivity contribution is 0.0695. The van der Waals surface area contributed by atoms with Crippen molar-refractivity contribution in [2.45, 2.75) is 31.8 Å². The highest BCUT2D eigenvalue weighted by atomic mass is 35.5. The Morgan fingerprint density at radius 1 is 1.07 bits per heavy atom. The molecule has 206 valence electrons. The van der Waals surface area contributed by atoms with Crippen LogP contribution < -0.4 is 20.5 Å². The quantitative estimate of drug-likeness (QED) is 0.345. The summed E-state index contributed by atoms with van der Waals surface area (Å²) < 4.78 is 17.2. The number of carboxylic acids is 1. The molecule has 0 radical (unpaired) electrons. The zero-order chi connectivity index (χ0) is 27.8. The van der Waals surface area contributed by atoms with Crippen LogP contribution in [0.15, 0.2) is 59.8 Å². The van der Waals surface area contributed by atoms with Crippen LogP contribution in [-0.4, -0.2) is 57.8 Å². The molecule has 1 aliphatic heterocycles. The number of fused-ring (bicyclic) bond motifs is 1. The van der Waals surface area contributed by atoms with Crippen molar-refractivity contribution in [2.24, 2.45) is 0 Å². The van der Waals surface area contributed by atoms with Gasteiger partial charge in [-0.2, -0.15) is 0 Å². The first-order valence-corrected chi connectivity index (χ1v) is 13.7. The second kappa shape index (κ2) is 10.9. The Balaban J connectivity index is 1.38. The molecular weight excluding hydrogens is 535 g/mol. The molecule has 0 spiro atoms. The molecule has 0 amide bonds. The fraction of sp³-hybridized carbons (Fsp3) is 0.310. The minimum Gasteiger partial charge on any atom is -0.477 e. The van der Waals surface area contributed by atoms with Gasteiger partial charge in [-0.3, -0.25) is 4.79 Å². The maximum absolute atomic E-state index is 15.6. The third-order valence-electron chi connectivity index (χ3n) is 7.73. The molecule has 1 saturated carbocycles. The Labute approximate surface area is 234 Å². The van der Waals surface area contributed by atoms with Gasteiger partial charge in [0.25, 0.3) is 0 Å². The Morgan fingerprint density at radius 3 is 2.38 bits per heavy atom. The van der Waals surface area contributed by atoms with E-state index in [-0.39, 0.29) is 21.6 Å². The van der Waals surface area contributed by atoms with E-state index < -0.39 is 22.8 Å². The molecule has 2 fully saturated rings. The van der Waals surface area contributed by atoms with Gasteiger partial charge in [0.05, 0.1) is 21.6 Å². The van der Waals surface area contributed by atoms with Gasteiger partial charge in [-0.15, -0.1) is 0 Å². The van der Waals surface area contributed by atoms with E-state index in [9.17, 15) is 14.7 Å². The minimum atomic E-state index is -1.39. The Hall–Kier alpha value is -4.02. The van der Waals surface area contributed by atoms with Crippen molar-refractivity contribution in [1.29, 1.82) is 0 Å². The number of benzene rings is 2. The van der Waals surface area contributed by atoms with Crippen LogP contribution in [0.25, 0.3) is 16.6 Å². The molecule has 6 rings (SSSR count). The normalized spacial score (nSPS) is 15.8. The van der Waals surface area contributed by atoms with Crippen molar-refractivity contribution in [3.05, 3.63) is 87.2 Å². The van der Waals surface area contributed by atoms with Gasteiger partial charge in [0.15, 0.2) is 0 Å². The molecule has 0 bridgehead atoms. The largest absolute Gasteiger partial charge is 0.477 e. The van der Waals surface area contributed by atoms with Gasteiger partial charge in [0, 0.05) is 63.0 Å². The van der Waals surface area contributed by atoms with E-state index in [1.54, 1.807) is 23.0 Å². The monoisotopic (exact) mass is 562 g/mol. The van der Waals surface area contributed by atoms with Crippen LogP contribution in [0.1, 0.15) is 35.2 Å². The first kappa shape index (κ1) is 26.2. The van der Waals surface area contributed by atoms with Crippen molar-refractivity contribution in [1.82, 2.24) is 19.9 Å². The zero-order valence-electron chi connectivity index (χ0n) is 21.7. The number of hydrogen-bond acceptors (Lipinski definition) is 7. The minimum absolute atomic E-state index is 0.0594. The smallest absolute Gasteiger partial charge is 0.341 e. The third kappa shape index (κ3) is 4.89. The Morgan fingerprint density at radius 2 is 1.75 bits per heavy atom. The van der Waals surface area contributed by atoms with Crippen LogP contribution in [0.2, 0.25) is 5.02 Å². The number of aromatic carboxylic acids is 1. The second-order valence-corrected chi connectivity index (χ2v) is 10.5. The molecule has 40 heavy (non-hydrogen) atoms. The summed E-state index contributed by atoms with van der Waals surface area (Å²) in [5, 5.41) is 13.2. The fourth-order valence-corrected chi connectivity index (χ4v) is 5.69. The van der Waals surface area contributed by atoms with E-state index in [0.717, 1.165) is 18.2 Å². The molecular formula is C29H28ClFN6O3. The highest BCUT2D eigenvalue weighted by Gasteiger charge is 2.27. The summed E-state index contributed by atoms with van der Waals surface area (Å²) in [6.45, 7) is 2.76. The summed E-state index contributed by atoms with van der Waals surface area (Å²) in [4.78, 5) is 37.5. The number of carbonyl (C=O) groups is 1. The number of carboxylic acid groups (broad SMARTS) is 1. The van der Waals surface area contributed by atoms with Gasteiger partial charge in [0.2, 0.25) is 11.4 Å². The van der Waals surface area contributed by atoms with E-state index in [0.29, 0.717) is 43.9 Å². The molecule has 2 aromatic heterocycles. The number of halogens is 2. The Bertz CT molecular complexity index is 1620. The Kier molecular flexibility index (Phi) is 7.12. The fourth-order valence-electron chi connectivity index (χ4n) is 5.28. The van der Waals surface area contributed by atoms with Gasteiger partial charge in [-0.05, 0) is 42.7 Å². The van der Waals surface area contributed by atoms with Gasteiger partial charge in [0.1, 0.15) is 11.4 Å². The van der Waals surface area contributed by atoms with Crippen LogP contribution in [0, 0.1) is 5.82 Å². The first-order chi connectivity index (χ1) is 19.4. The third-order valence-corrected chi connectivity index (χ3v) is 8.09. The average Bonchev–Trinajstić information content (AvgIpc) is 2.94. The van der Waals surface area contributed by atoms with Crippen molar-refractivity contribution >= 4 is 40.1 Å². The highest BCUT2D eigenvalue weighted by molar-refractivity contribution is 6.38. The van der Waals surface area contributed by atoms with Crippen molar-refractivity contribution in [3.8, 4) is 5.69 Å². The van der Waals surface area contributed by atoms with Crippen molar-refractivity contribution < 1.29 is 14.3 Å². The summed E-state index contributed by atoms with van der Waals surface area (Å²) in [7, 11) is 0. The molecule has 11 heteroatoms. The second-order valence-electron chi connectivity index (χ2n) is 10.2. The average molecular weight is 563 g/mol. The van der Waals surface area contributed by atoms with Gasteiger partial charge < -0.3 is 24.8 Å². The summed E-state index contributed by atoms with van der Waals surface area (Å²) in [6, 6.07) is 11.0. The lowest BCUT2D eigenvalue weighted by Crippen LogP contribution is -2.47. The van der Waals surface area contributed by atoms with E-state index in [2.05, 4.69) is 15.3 Å². The number of anilines is 2. The number of aromatic nitrogens is 3. The lowest BCUT2D eigenvalue weighted by Gasteiger charge is -2.36. The molecule has 0 atom stereocenters. The molecule has 1 aliphatic carbocycles. The number of pyridine rings is 1. The standard InChI is InChI=1S/C29H28ClFN6O3/c30-24-25-21(15-23(31)26(24)35-11-13-36(14-12-35)29-32-9-2-10-33-29)27(38)22(28(39)40)17-37(25)20-7-5-18(6-8-20)16-34-19-3-1-4-19/h2,5-10,15,17,19,34H,1,3-4,11-14,16H2,(H,39,40). The number of nitrogens with zero attached hydrogens (tertiary/aromatic N) is 5. The summed E-state index contributed by atoms with van der Waals surface area (Å²) >= 11 is 6.89. The molecule has 2 aliphatic rings. The number of piperazine rings is 1. The van der Waals surface area contributed by atoms with Crippen LogP contribution in [0.3, 0.4) is 0 Å². The van der Waals surface area contributed by atoms with Crippen LogP contribution in [0.4, 0.5) is 16.0 Å². The lowest BCUT2D eigenvalue weighted by atomic mass is 9.93. The van der Waals surface area contributed by atoms with E-state index in [1.807, 2.05) is 34.1 Å². The summed E-state index contributed by atoms with van der Waals surface area (Å²) in [5.74, 6) is -1.46. The zero-order valence-corrected chi connectivity index (χ0v) is 22.4. The molecule has 2 N–H and O–H groups in total. The van der Waals surface area contributed by atoms with E-state index in [4.69, 9.17) is 11.6 Å². The van der Waals surface area contributed by atoms with Gasteiger partial charge in [-0.1, -0.05) is 30.2 Å². The van der Waals surface area contributed by atoms with Gasteiger partial charge >= 0.3 is 5.97 Å². The SMILES string of the molecule is O=C(O)c1cn(-c2ccc(CNC3CCC3)cc2)c2c(Cl)c(N3CCN(c4ncccn4)CC3)c(F)cc2c1=O. The molecule has 2 aromatic carbocycles.